The van der Waals surface area contributed by atoms with Crippen molar-refractivity contribution in [2.24, 2.45) is 11.8 Å². The smallest absolute Gasteiger partial charge is 0.310 e. The number of rotatable bonds is 14. The zero-order valence-corrected chi connectivity index (χ0v) is 43.5. The zero-order valence-electron chi connectivity index (χ0n) is 43.5. The summed E-state index contributed by atoms with van der Waals surface area (Å²) in [6.45, 7) is -1.68. The minimum atomic E-state index is -1.99. The fourth-order valence-corrected chi connectivity index (χ4v) is 10.8. The van der Waals surface area contributed by atoms with Crippen molar-refractivity contribution in [1.29, 1.82) is 0 Å². The third kappa shape index (κ3) is 11.0. The largest absolute Gasteiger partial charge is 0.508 e. The second-order valence-corrected chi connectivity index (χ2v) is 20.5. The Labute approximate surface area is 472 Å². The number of phenols is 6. The van der Waals surface area contributed by atoms with E-state index in [9.17, 15) is 80.5 Å². The van der Waals surface area contributed by atoms with E-state index in [1.165, 1.54) is 109 Å². The maximum absolute atomic E-state index is 14.6. The molecule has 24 heteroatoms. The Morgan fingerprint density at radius 1 is 0.417 bits per heavy atom. The number of hydrogen-bond donors (Lipinski definition) is 12. The fourth-order valence-electron chi connectivity index (χ4n) is 10.8. The van der Waals surface area contributed by atoms with Crippen LogP contribution in [0.5, 0.6) is 46.0 Å². The van der Waals surface area contributed by atoms with Crippen molar-refractivity contribution in [2.45, 2.75) is 73.2 Å². The van der Waals surface area contributed by atoms with Crippen LogP contribution in [0.4, 0.5) is 0 Å². The topological polar surface area (TPSA) is 393 Å². The van der Waals surface area contributed by atoms with Gasteiger partial charge in [-0.05, 0) is 83.9 Å². The van der Waals surface area contributed by atoms with Crippen molar-refractivity contribution in [3.8, 4) is 68.6 Å². The van der Waals surface area contributed by atoms with Gasteiger partial charge in [0.05, 0.1) is 11.8 Å². The van der Waals surface area contributed by atoms with Crippen molar-refractivity contribution < 1.29 is 108 Å². The average molecular weight is 1160 g/mol. The lowest BCUT2D eigenvalue weighted by molar-refractivity contribution is -0.279. The Morgan fingerprint density at radius 3 is 1.10 bits per heavy atom. The summed E-state index contributed by atoms with van der Waals surface area (Å²) < 4.78 is 46.7. The van der Waals surface area contributed by atoms with Crippen LogP contribution < -0.4 is 20.3 Å². The summed E-state index contributed by atoms with van der Waals surface area (Å²) in [5.74, 6) is -8.88. The number of carbonyl (C=O) groups is 2. The SMILES string of the molecule is O=C(OC[C@H]1O[C@@H](Oc2cc(O)c3c(=O)cc(-c4ccc(O)cc4)oc3c2)[C@H](O)[C@@H](O)[C@@H]1O)[C@H]1[C@H](C(=O)OC[C@H]2O[C@@H](Oc3cc(O)c4c(=O)cc(-c5ccc(O)cc5)oc4c3)[C@H](O)[C@@H](O)[C@@H]2O)[C@@H](c2ccc(O)cc2)[C@@H]1c1ccc(O)cc1. The molecule has 436 valence electrons. The molecule has 14 atom stereocenters. The third-order valence-corrected chi connectivity index (χ3v) is 15.1. The summed E-state index contributed by atoms with van der Waals surface area (Å²) in [5, 5.41) is 128. The third-order valence-electron chi connectivity index (χ3n) is 15.1. The molecule has 1 aliphatic carbocycles. The van der Waals surface area contributed by atoms with Crippen LogP contribution in [0.25, 0.3) is 44.6 Å². The first-order chi connectivity index (χ1) is 40.2. The van der Waals surface area contributed by atoms with Crippen LogP contribution in [-0.2, 0) is 28.5 Å². The molecule has 4 heterocycles. The summed E-state index contributed by atoms with van der Waals surface area (Å²) in [5.41, 5.74) is 0.0221. The van der Waals surface area contributed by atoms with Gasteiger partial charge < -0.3 is 98.5 Å². The van der Waals surface area contributed by atoms with Crippen LogP contribution in [0.3, 0.4) is 0 Å². The lowest BCUT2D eigenvalue weighted by atomic mass is 9.52. The molecule has 84 heavy (non-hydrogen) atoms. The molecule has 3 aliphatic rings. The van der Waals surface area contributed by atoms with Crippen LogP contribution in [-0.4, -0.2) is 148 Å². The van der Waals surface area contributed by atoms with Gasteiger partial charge in [0.15, 0.2) is 10.9 Å². The summed E-state index contributed by atoms with van der Waals surface area (Å²) in [6.07, 6.45) is -18.7. The van der Waals surface area contributed by atoms with E-state index < -0.39 is 133 Å². The van der Waals surface area contributed by atoms with Gasteiger partial charge >= 0.3 is 11.9 Å². The highest BCUT2D eigenvalue weighted by Gasteiger charge is 2.60. The molecule has 1 saturated carbocycles. The first-order valence-corrected chi connectivity index (χ1v) is 26.1. The molecule has 2 aromatic heterocycles. The molecule has 0 spiro atoms. The number of fused-ring (bicyclic) bond motifs is 2. The Balaban J connectivity index is 0.827. The van der Waals surface area contributed by atoms with E-state index in [0.717, 1.165) is 24.3 Å². The second-order valence-electron chi connectivity index (χ2n) is 20.5. The number of ether oxygens (including phenoxy) is 6. The molecule has 2 aliphatic heterocycles. The molecule has 3 fully saturated rings. The first kappa shape index (κ1) is 56.6. The van der Waals surface area contributed by atoms with Gasteiger partial charge in [0, 0.05) is 59.4 Å². The van der Waals surface area contributed by atoms with Crippen molar-refractivity contribution in [2.75, 3.05) is 13.2 Å². The number of phenolic OH excluding ortho intramolecular Hbond substituents is 6. The van der Waals surface area contributed by atoms with Crippen LogP contribution in [0.15, 0.2) is 152 Å². The fraction of sp³-hybridized carbons (Fsp3) is 0.267. The Bertz CT molecular complexity index is 3610. The maximum Gasteiger partial charge on any atom is 0.310 e. The number of aromatic hydroxyl groups is 6. The second kappa shape index (κ2) is 22.8. The van der Waals surface area contributed by atoms with E-state index >= 15 is 0 Å². The Kier molecular flexibility index (Phi) is 15.4. The van der Waals surface area contributed by atoms with Crippen LogP contribution >= 0.6 is 0 Å². The summed E-state index contributed by atoms with van der Waals surface area (Å²) in [4.78, 5) is 55.5. The van der Waals surface area contributed by atoms with Crippen LogP contribution in [0, 0.1) is 11.8 Å². The average Bonchev–Trinajstić information content (AvgIpc) is 0.850. The standard InChI is InChI=1S/C60H52O24/c61-29-9-1-25(2-10-29)39-21-37(67)47-35(65)17-33(19-41(47)81-39)79-59-55(73)53(71)51(69)43(83-59)23-77-57(75)49-45(27-5-13-31(63)14-6-27)46(28-7-15-32(64)16-8-28)50(49)58(76)78-24-44-52(70)54(72)56(74)60(84-44)80-34-18-36(66)48-38(68)22-40(82-42(48)20-34)26-3-11-30(62)12-4-26/h1-22,43-46,49-56,59-66,69-74H,23-24H2/t43-,44-,45+,46+,49-,50-,51-,52-,53+,54+,55-,56-,59-,60-/m1/s1. The molecule has 6 aromatic carbocycles. The van der Waals surface area contributed by atoms with Crippen molar-refractivity contribution in [3.05, 3.63) is 165 Å². The molecule has 0 radical (unpaired) electrons. The molecular formula is C60H52O24. The number of hydrogen-bond acceptors (Lipinski definition) is 24. The van der Waals surface area contributed by atoms with E-state index in [0.29, 0.717) is 22.3 Å². The van der Waals surface area contributed by atoms with E-state index in [-0.39, 0.29) is 68.0 Å². The molecule has 0 unspecified atom stereocenters. The van der Waals surface area contributed by atoms with E-state index in [1.807, 2.05) is 0 Å². The van der Waals surface area contributed by atoms with Gasteiger partial charge in [-0.3, -0.25) is 19.2 Å². The number of esters is 2. The number of aliphatic hydroxyl groups excluding tert-OH is 6. The lowest BCUT2D eigenvalue weighted by Crippen LogP contribution is -2.61. The van der Waals surface area contributed by atoms with Gasteiger partial charge in [-0.1, -0.05) is 24.3 Å². The van der Waals surface area contributed by atoms with Gasteiger partial charge in [0.25, 0.3) is 0 Å². The van der Waals surface area contributed by atoms with Gasteiger partial charge in [-0.25, -0.2) is 0 Å². The van der Waals surface area contributed by atoms with Crippen LogP contribution in [0.2, 0.25) is 0 Å². The molecular weight excluding hydrogens is 1100 g/mol. The number of aliphatic hydroxyl groups is 6. The highest BCUT2D eigenvalue weighted by atomic mass is 16.7. The van der Waals surface area contributed by atoms with Gasteiger partial charge in [-0.15, -0.1) is 0 Å². The molecule has 11 rings (SSSR count). The Hall–Kier alpha value is -9.24. The maximum atomic E-state index is 14.6. The number of benzene rings is 6. The number of carbonyl (C=O) groups excluding carboxylic acids is 2. The van der Waals surface area contributed by atoms with Crippen molar-refractivity contribution in [3.63, 3.8) is 0 Å². The quantitative estimate of drug-likeness (QED) is 0.0694. The van der Waals surface area contributed by atoms with Crippen molar-refractivity contribution in [1.82, 2.24) is 0 Å². The molecule has 2 saturated heterocycles. The summed E-state index contributed by atoms with van der Waals surface area (Å²) in [6, 6.07) is 29.5. The van der Waals surface area contributed by atoms with Gasteiger partial charge in [0.2, 0.25) is 12.6 Å². The predicted octanol–water partition coefficient (Wildman–Crippen LogP) is 3.44. The minimum absolute atomic E-state index is 0.0443. The highest BCUT2D eigenvalue weighted by molar-refractivity contribution is 5.88. The van der Waals surface area contributed by atoms with Crippen molar-refractivity contribution >= 4 is 33.9 Å². The Morgan fingerprint density at radius 2 is 0.750 bits per heavy atom. The van der Waals surface area contributed by atoms with E-state index in [1.54, 1.807) is 0 Å². The highest BCUT2D eigenvalue weighted by Crippen LogP contribution is 2.59. The first-order valence-electron chi connectivity index (χ1n) is 26.1. The predicted molar refractivity (Wildman–Crippen MR) is 288 cm³/mol. The summed E-state index contributed by atoms with van der Waals surface area (Å²) in [7, 11) is 0. The van der Waals surface area contributed by atoms with E-state index in [2.05, 4.69) is 0 Å². The van der Waals surface area contributed by atoms with Crippen LogP contribution in [0.1, 0.15) is 23.0 Å². The lowest BCUT2D eigenvalue weighted by Gasteiger charge is -2.50. The minimum Gasteiger partial charge on any atom is -0.508 e. The van der Waals surface area contributed by atoms with E-state index in [4.69, 9.17) is 37.3 Å². The normalized spacial score (nSPS) is 26.7. The van der Waals surface area contributed by atoms with Gasteiger partial charge in [0.1, 0.15) is 142 Å². The molecule has 8 aromatic rings. The zero-order chi connectivity index (χ0) is 59.4. The van der Waals surface area contributed by atoms with Gasteiger partial charge in [-0.2, -0.15) is 0 Å². The monoisotopic (exact) mass is 1160 g/mol. The molecule has 0 amide bonds. The molecule has 0 bridgehead atoms. The summed E-state index contributed by atoms with van der Waals surface area (Å²) >= 11 is 0. The molecule has 24 nitrogen and oxygen atoms in total. The molecule has 12 N–H and O–H groups in total.